The van der Waals surface area contributed by atoms with Gasteiger partial charge < -0.3 is 0 Å². The molecule has 27 heavy (non-hydrogen) atoms. The van der Waals surface area contributed by atoms with E-state index in [9.17, 15) is 17.6 Å². The Morgan fingerprint density at radius 3 is 2.37 bits per heavy atom. The van der Waals surface area contributed by atoms with Crippen molar-refractivity contribution in [2.75, 3.05) is 13.1 Å². The maximum Gasteiger partial charge on any atom is 0.244 e. The number of carbonyl (C=O) groups excluding carboxylic acids is 1. The summed E-state index contributed by atoms with van der Waals surface area (Å²) in [6.07, 6.45) is 4.16. The van der Waals surface area contributed by atoms with Crippen LogP contribution in [0.4, 0.5) is 4.39 Å². The van der Waals surface area contributed by atoms with Crippen molar-refractivity contribution in [3.63, 3.8) is 0 Å². The molecule has 1 fully saturated rings. The van der Waals surface area contributed by atoms with Gasteiger partial charge in [-0.05, 0) is 56.2 Å². The Hall–Kier alpha value is -1.77. The van der Waals surface area contributed by atoms with Crippen LogP contribution in [0.25, 0.3) is 0 Å². The number of sulfonamides is 1. The van der Waals surface area contributed by atoms with Gasteiger partial charge in [0, 0.05) is 24.8 Å². The van der Waals surface area contributed by atoms with E-state index in [1.807, 2.05) is 0 Å². The van der Waals surface area contributed by atoms with Gasteiger partial charge in [0.25, 0.3) is 0 Å². The van der Waals surface area contributed by atoms with Gasteiger partial charge in [-0.15, -0.1) is 0 Å². The van der Waals surface area contributed by atoms with Crippen molar-refractivity contribution in [3.05, 3.63) is 54.0 Å². The second kappa shape index (κ2) is 8.50. The van der Waals surface area contributed by atoms with Gasteiger partial charge in [-0.2, -0.15) is 4.31 Å². The topological polar surface area (TPSA) is 67.3 Å². The molecule has 1 aromatic heterocycles. The zero-order chi connectivity index (χ0) is 19.4. The predicted molar refractivity (Wildman–Crippen MR) is 103 cm³/mol. The average Bonchev–Trinajstić information content (AvgIpc) is 2.69. The minimum absolute atomic E-state index is 0.133. The Bertz CT molecular complexity index is 894. The number of Topliss-reactive ketones (excluding diaryl/α,β-unsaturated/α-hetero) is 1. The first kappa shape index (κ1) is 20.0. The van der Waals surface area contributed by atoms with E-state index < -0.39 is 15.3 Å². The van der Waals surface area contributed by atoms with Crippen molar-refractivity contribution in [2.45, 2.75) is 41.4 Å². The maximum atomic E-state index is 13.0. The molecule has 3 rings (SSSR count). The number of nitrogens with zero attached hydrogens (tertiary/aromatic N) is 2. The fraction of sp³-hybridized carbons (Fsp3) is 0.368. The second-order valence-electron chi connectivity index (χ2n) is 6.43. The maximum absolute atomic E-state index is 13.0. The van der Waals surface area contributed by atoms with Crippen LogP contribution in [0, 0.1) is 5.82 Å². The molecule has 1 saturated heterocycles. The Kier molecular flexibility index (Phi) is 6.29. The number of aromatic nitrogens is 1. The predicted octanol–water partition coefficient (Wildman–Crippen LogP) is 3.76. The molecule has 1 atom stereocenters. The largest absolute Gasteiger partial charge is 0.293 e. The van der Waals surface area contributed by atoms with Crippen molar-refractivity contribution in [2.24, 2.45) is 0 Å². The summed E-state index contributed by atoms with van der Waals surface area (Å²) in [5, 5.41) is 0.142. The molecule has 0 spiro atoms. The minimum Gasteiger partial charge on any atom is -0.293 e. The van der Waals surface area contributed by atoms with Crippen LogP contribution in [0.3, 0.4) is 0 Å². The molecule has 5 nitrogen and oxygen atoms in total. The highest BCUT2D eigenvalue weighted by Crippen LogP contribution is 2.26. The van der Waals surface area contributed by atoms with E-state index in [0.29, 0.717) is 23.7 Å². The van der Waals surface area contributed by atoms with Gasteiger partial charge in [0.1, 0.15) is 10.7 Å². The number of thioether (sulfide) groups is 1. The normalized spacial score (nSPS) is 16.8. The molecule has 1 aliphatic heterocycles. The van der Waals surface area contributed by atoms with Gasteiger partial charge in [-0.3, -0.25) is 4.79 Å². The molecule has 2 heterocycles. The molecule has 144 valence electrons. The quantitative estimate of drug-likeness (QED) is 0.538. The van der Waals surface area contributed by atoms with Crippen LogP contribution < -0.4 is 0 Å². The lowest BCUT2D eigenvalue weighted by Crippen LogP contribution is -2.35. The number of rotatable bonds is 6. The first-order chi connectivity index (χ1) is 12.9. The van der Waals surface area contributed by atoms with Gasteiger partial charge >= 0.3 is 0 Å². The summed E-state index contributed by atoms with van der Waals surface area (Å²) >= 11 is 1.24. The Morgan fingerprint density at radius 2 is 1.78 bits per heavy atom. The van der Waals surface area contributed by atoms with Crippen molar-refractivity contribution < 1.29 is 17.6 Å². The second-order valence-corrected chi connectivity index (χ2v) is 9.73. The molecule has 2 aromatic rings. The van der Waals surface area contributed by atoms with E-state index in [-0.39, 0.29) is 16.5 Å². The van der Waals surface area contributed by atoms with Crippen LogP contribution in [-0.2, 0) is 10.0 Å². The summed E-state index contributed by atoms with van der Waals surface area (Å²) in [4.78, 5) is 16.8. The van der Waals surface area contributed by atoms with Crippen LogP contribution in [0.5, 0.6) is 0 Å². The highest BCUT2D eigenvalue weighted by atomic mass is 32.2. The molecule has 1 aromatic carbocycles. The van der Waals surface area contributed by atoms with Crippen LogP contribution in [0.2, 0.25) is 0 Å². The van der Waals surface area contributed by atoms with Crippen molar-refractivity contribution >= 4 is 27.6 Å². The van der Waals surface area contributed by atoms with Crippen LogP contribution in [0.1, 0.15) is 36.5 Å². The lowest BCUT2D eigenvalue weighted by atomic mass is 10.1. The summed E-state index contributed by atoms with van der Waals surface area (Å²) in [5.41, 5.74) is 0.431. The number of halogens is 1. The van der Waals surface area contributed by atoms with E-state index in [0.717, 1.165) is 19.3 Å². The first-order valence-electron chi connectivity index (χ1n) is 8.80. The Labute approximate surface area is 163 Å². The number of carbonyl (C=O) groups is 1. The molecule has 0 radical (unpaired) electrons. The molecule has 0 unspecified atom stereocenters. The van der Waals surface area contributed by atoms with Crippen LogP contribution in [-0.4, -0.2) is 41.8 Å². The summed E-state index contributed by atoms with van der Waals surface area (Å²) in [6, 6.07) is 8.57. The minimum atomic E-state index is -3.51. The number of hydrogen-bond donors (Lipinski definition) is 0. The SMILES string of the molecule is C[C@@H](Sc1ccc(S(=O)(=O)N2CCCCC2)cn1)C(=O)c1ccc(F)cc1. The lowest BCUT2D eigenvalue weighted by molar-refractivity contribution is 0.0994. The zero-order valence-electron chi connectivity index (χ0n) is 15.0. The molecule has 8 heteroatoms. The third-order valence-electron chi connectivity index (χ3n) is 4.46. The number of piperidine rings is 1. The van der Waals surface area contributed by atoms with Gasteiger partial charge in [-0.1, -0.05) is 18.2 Å². The molecule has 0 N–H and O–H groups in total. The van der Waals surface area contributed by atoms with E-state index in [1.54, 1.807) is 13.0 Å². The number of ketones is 1. The first-order valence-corrected chi connectivity index (χ1v) is 11.1. The molecule has 0 bridgehead atoms. The monoisotopic (exact) mass is 408 g/mol. The molecule has 0 saturated carbocycles. The highest BCUT2D eigenvalue weighted by Gasteiger charge is 2.26. The molecular formula is C19H21FN2O3S2. The summed E-state index contributed by atoms with van der Waals surface area (Å²) in [7, 11) is -3.51. The summed E-state index contributed by atoms with van der Waals surface area (Å²) in [6.45, 7) is 2.83. The molecular weight excluding hydrogens is 387 g/mol. The molecule has 0 amide bonds. The average molecular weight is 409 g/mol. The van der Waals surface area contributed by atoms with Crippen molar-refractivity contribution in [3.8, 4) is 0 Å². The zero-order valence-corrected chi connectivity index (χ0v) is 16.6. The highest BCUT2D eigenvalue weighted by molar-refractivity contribution is 8.00. The fourth-order valence-corrected chi connectivity index (χ4v) is 5.26. The Morgan fingerprint density at radius 1 is 1.11 bits per heavy atom. The third-order valence-corrected chi connectivity index (χ3v) is 7.39. The lowest BCUT2D eigenvalue weighted by Gasteiger charge is -2.25. The van der Waals surface area contributed by atoms with Crippen molar-refractivity contribution in [1.29, 1.82) is 0 Å². The third kappa shape index (κ3) is 4.75. The summed E-state index contributed by atoms with van der Waals surface area (Å²) < 4.78 is 39.8. The van der Waals surface area contributed by atoms with E-state index in [2.05, 4.69) is 4.98 Å². The van der Waals surface area contributed by atoms with Crippen molar-refractivity contribution in [1.82, 2.24) is 9.29 Å². The summed E-state index contributed by atoms with van der Waals surface area (Å²) in [5.74, 6) is -0.522. The van der Waals surface area contributed by atoms with E-state index in [1.165, 1.54) is 52.6 Å². The Balaban J connectivity index is 1.68. The number of benzene rings is 1. The fourth-order valence-electron chi connectivity index (χ4n) is 2.93. The van der Waals surface area contributed by atoms with Gasteiger partial charge in [0.15, 0.2) is 5.78 Å². The van der Waals surface area contributed by atoms with Gasteiger partial charge in [0.05, 0.1) is 10.3 Å². The van der Waals surface area contributed by atoms with Gasteiger partial charge in [-0.25, -0.2) is 17.8 Å². The number of pyridine rings is 1. The van der Waals surface area contributed by atoms with Crippen LogP contribution >= 0.6 is 11.8 Å². The van der Waals surface area contributed by atoms with E-state index >= 15 is 0 Å². The molecule has 1 aliphatic rings. The van der Waals surface area contributed by atoms with Gasteiger partial charge in [0.2, 0.25) is 10.0 Å². The molecule has 0 aliphatic carbocycles. The standard InChI is InChI=1S/C19H21FN2O3S2/c1-14(19(23)15-5-7-16(20)8-6-15)26-18-10-9-17(13-21-18)27(24,25)22-11-3-2-4-12-22/h5-10,13-14H,2-4,11-12H2,1H3/t14-/m1/s1. The smallest absolute Gasteiger partial charge is 0.244 e. The van der Waals surface area contributed by atoms with Crippen LogP contribution in [0.15, 0.2) is 52.5 Å². The van der Waals surface area contributed by atoms with E-state index in [4.69, 9.17) is 0 Å². The number of hydrogen-bond acceptors (Lipinski definition) is 5.